The Morgan fingerprint density at radius 2 is 2.00 bits per heavy atom. The second kappa shape index (κ2) is 6.41. The van der Waals surface area contributed by atoms with Gasteiger partial charge in [-0.2, -0.15) is 0 Å². The first-order valence-electron chi connectivity index (χ1n) is 9.85. The van der Waals surface area contributed by atoms with Crippen LogP contribution in [-0.4, -0.2) is 45.2 Å². The van der Waals surface area contributed by atoms with E-state index in [9.17, 15) is 9.18 Å². The Bertz CT molecular complexity index is 867. The Labute approximate surface area is 157 Å². The average molecular weight is 369 g/mol. The highest BCUT2D eigenvalue weighted by Gasteiger charge is 2.53. The monoisotopic (exact) mass is 369 g/mol. The van der Waals surface area contributed by atoms with Crippen molar-refractivity contribution in [1.29, 1.82) is 0 Å². The minimum atomic E-state index is -0.491. The molecule has 0 bridgehead atoms. The summed E-state index contributed by atoms with van der Waals surface area (Å²) in [5.41, 5.74) is 0.336. The van der Waals surface area contributed by atoms with Gasteiger partial charge < -0.3 is 14.8 Å². The lowest BCUT2D eigenvalue weighted by atomic mass is 9.91. The van der Waals surface area contributed by atoms with Gasteiger partial charge >= 0.3 is 0 Å². The first kappa shape index (κ1) is 16.9. The van der Waals surface area contributed by atoms with Crippen LogP contribution in [0, 0.1) is 5.82 Å². The molecule has 6 nitrogen and oxygen atoms in total. The standard InChI is InChI=1S/C20H24FN5O/c21-16-3-1-2-15(12-16)20(6-7-20)19(27)25-9-4-14(5-10-25)18-24-23-17-13-22-8-11-26(17)18/h1-3,12,14,22H,4-11,13H2. The molecule has 2 fully saturated rings. The lowest BCUT2D eigenvalue weighted by molar-refractivity contribution is -0.135. The number of hydrogen-bond acceptors (Lipinski definition) is 4. The molecule has 3 aliphatic rings. The van der Waals surface area contributed by atoms with Crippen LogP contribution in [0.2, 0.25) is 0 Å². The first-order valence-corrected chi connectivity index (χ1v) is 9.85. The number of likely N-dealkylation sites (tertiary alicyclic amines) is 1. The Hall–Kier alpha value is -2.28. The number of benzene rings is 1. The van der Waals surface area contributed by atoms with Crippen molar-refractivity contribution >= 4 is 5.91 Å². The largest absolute Gasteiger partial charge is 0.342 e. The minimum Gasteiger partial charge on any atom is -0.342 e. The predicted octanol–water partition coefficient (Wildman–Crippen LogP) is 1.96. The highest BCUT2D eigenvalue weighted by atomic mass is 19.1. The summed E-state index contributed by atoms with van der Waals surface area (Å²) in [6, 6.07) is 6.54. The second-order valence-electron chi connectivity index (χ2n) is 7.96. The maximum absolute atomic E-state index is 13.6. The number of nitrogens with one attached hydrogen (secondary N) is 1. The van der Waals surface area contributed by atoms with Gasteiger partial charge in [0.2, 0.25) is 5.91 Å². The number of halogens is 1. The summed E-state index contributed by atoms with van der Waals surface area (Å²) in [6.07, 6.45) is 3.47. The number of amides is 1. The third kappa shape index (κ3) is 2.84. The SMILES string of the molecule is O=C(N1CCC(c2nnc3n2CCNC3)CC1)C1(c2cccc(F)c2)CC1. The summed E-state index contributed by atoms with van der Waals surface area (Å²) >= 11 is 0. The zero-order valence-electron chi connectivity index (χ0n) is 15.3. The molecule has 1 amide bonds. The molecule has 1 saturated carbocycles. The van der Waals surface area contributed by atoms with E-state index in [0.717, 1.165) is 75.6 Å². The molecule has 2 aliphatic heterocycles. The van der Waals surface area contributed by atoms with Crippen molar-refractivity contribution in [2.45, 2.75) is 50.1 Å². The molecular weight excluding hydrogens is 345 g/mol. The van der Waals surface area contributed by atoms with E-state index in [1.54, 1.807) is 6.07 Å². The summed E-state index contributed by atoms with van der Waals surface area (Å²) in [5, 5.41) is 12.1. The third-order valence-electron chi connectivity index (χ3n) is 6.34. The number of carbonyl (C=O) groups is 1. The molecule has 1 saturated heterocycles. The normalized spacial score (nSPS) is 21.7. The molecule has 0 radical (unpaired) electrons. The molecule has 5 rings (SSSR count). The van der Waals surface area contributed by atoms with Crippen LogP contribution in [0.15, 0.2) is 24.3 Å². The van der Waals surface area contributed by atoms with Crippen LogP contribution < -0.4 is 5.32 Å². The number of aromatic nitrogens is 3. The van der Waals surface area contributed by atoms with Gasteiger partial charge in [0.05, 0.1) is 12.0 Å². The van der Waals surface area contributed by atoms with Crippen molar-refractivity contribution in [3.8, 4) is 0 Å². The molecule has 1 N–H and O–H groups in total. The number of nitrogens with zero attached hydrogens (tertiary/aromatic N) is 4. The molecule has 3 heterocycles. The Morgan fingerprint density at radius 3 is 2.74 bits per heavy atom. The van der Waals surface area contributed by atoms with E-state index >= 15 is 0 Å². The van der Waals surface area contributed by atoms with Crippen LogP contribution in [0.1, 0.15) is 48.8 Å². The fraction of sp³-hybridized carbons (Fsp3) is 0.550. The Morgan fingerprint density at radius 1 is 1.19 bits per heavy atom. The van der Waals surface area contributed by atoms with E-state index < -0.39 is 5.41 Å². The number of piperidine rings is 1. The summed E-state index contributed by atoms with van der Waals surface area (Å²) in [6.45, 7) is 4.12. The van der Waals surface area contributed by atoms with E-state index in [2.05, 4.69) is 20.1 Å². The highest BCUT2D eigenvalue weighted by molar-refractivity contribution is 5.91. The maximum atomic E-state index is 13.6. The minimum absolute atomic E-state index is 0.166. The zero-order chi connectivity index (χ0) is 18.4. The molecule has 1 aliphatic carbocycles. The molecule has 0 atom stereocenters. The summed E-state index contributed by atoms with van der Waals surface area (Å²) in [5.74, 6) is 2.34. The van der Waals surface area contributed by atoms with Crippen molar-refractivity contribution in [3.05, 3.63) is 47.3 Å². The molecule has 0 spiro atoms. The molecule has 2 aromatic rings. The van der Waals surface area contributed by atoms with Crippen LogP contribution in [0.5, 0.6) is 0 Å². The van der Waals surface area contributed by atoms with Crippen LogP contribution in [0.4, 0.5) is 4.39 Å². The molecule has 27 heavy (non-hydrogen) atoms. The van der Waals surface area contributed by atoms with Gasteiger partial charge in [-0.3, -0.25) is 4.79 Å². The predicted molar refractivity (Wildman–Crippen MR) is 97.6 cm³/mol. The molecule has 1 aromatic carbocycles. The van der Waals surface area contributed by atoms with Gasteiger partial charge in [0.15, 0.2) is 0 Å². The van der Waals surface area contributed by atoms with Gasteiger partial charge in [0.25, 0.3) is 0 Å². The average Bonchev–Trinajstić information content (AvgIpc) is 3.41. The van der Waals surface area contributed by atoms with Gasteiger partial charge in [-0.25, -0.2) is 4.39 Å². The quantitative estimate of drug-likeness (QED) is 0.898. The van der Waals surface area contributed by atoms with Crippen LogP contribution in [0.25, 0.3) is 0 Å². The molecule has 7 heteroatoms. The summed E-state index contributed by atoms with van der Waals surface area (Å²) in [4.78, 5) is 15.2. The van der Waals surface area contributed by atoms with E-state index in [1.807, 2.05) is 11.0 Å². The number of carbonyl (C=O) groups excluding carboxylic acids is 1. The number of fused-ring (bicyclic) bond motifs is 1. The van der Waals surface area contributed by atoms with Crippen molar-refractivity contribution in [2.75, 3.05) is 19.6 Å². The topological polar surface area (TPSA) is 63.1 Å². The van der Waals surface area contributed by atoms with Gasteiger partial charge in [0, 0.05) is 32.1 Å². The Kier molecular flexibility index (Phi) is 4.00. The highest BCUT2D eigenvalue weighted by Crippen LogP contribution is 2.50. The van der Waals surface area contributed by atoms with Crippen LogP contribution in [0.3, 0.4) is 0 Å². The van der Waals surface area contributed by atoms with Crippen molar-refractivity contribution in [1.82, 2.24) is 25.0 Å². The van der Waals surface area contributed by atoms with Crippen LogP contribution >= 0.6 is 0 Å². The van der Waals surface area contributed by atoms with E-state index in [1.165, 1.54) is 12.1 Å². The first-order chi connectivity index (χ1) is 13.2. The molecule has 0 unspecified atom stereocenters. The van der Waals surface area contributed by atoms with Gasteiger partial charge in [-0.05, 0) is 43.4 Å². The van der Waals surface area contributed by atoms with E-state index in [0.29, 0.717) is 5.92 Å². The Balaban J connectivity index is 1.28. The van der Waals surface area contributed by atoms with Gasteiger partial charge in [-0.1, -0.05) is 12.1 Å². The van der Waals surface area contributed by atoms with Crippen molar-refractivity contribution in [3.63, 3.8) is 0 Å². The lowest BCUT2D eigenvalue weighted by Crippen LogP contribution is -2.44. The number of rotatable bonds is 3. The molecule has 142 valence electrons. The molecule has 1 aromatic heterocycles. The van der Waals surface area contributed by atoms with Crippen molar-refractivity contribution in [2.24, 2.45) is 0 Å². The van der Waals surface area contributed by atoms with Gasteiger partial charge in [-0.15, -0.1) is 10.2 Å². The van der Waals surface area contributed by atoms with Crippen LogP contribution in [-0.2, 0) is 23.3 Å². The fourth-order valence-corrected chi connectivity index (χ4v) is 4.60. The zero-order valence-corrected chi connectivity index (χ0v) is 15.3. The second-order valence-corrected chi connectivity index (χ2v) is 7.96. The lowest BCUT2D eigenvalue weighted by Gasteiger charge is -2.34. The smallest absolute Gasteiger partial charge is 0.233 e. The van der Waals surface area contributed by atoms with Gasteiger partial charge in [0.1, 0.15) is 17.5 Å². The third-order valence-corrected chi connectivity index (χ3v) is 6.34. The summed E-state index contributed by atoms with van der Waals surface area (Å²) in [7, 11) is 0. The van der Waals surface area contributed by atoms with E-state index in [-0.39, 0.29) is 11.7 Å². The summed E-state index contributed by atoms with van der Waals surface area (Å²) < 4.78 is 15.9. The number of hydrogen-bond donors (Lipinski definition) is 1. The van der Waals surface area contributed by atoms with E-state index in [4.69, 9.17) is 0 Å². The maximum Gasteiger partial charge on any atom is 0.233 e. The van der Waals surface area contributed by atoms with Crippen molar-refractivity contribution < 1.29 is 9.18 Å². The molecular formula is C20H24FN5O. The fourth-order valence-electron chi connectivity index (χ4n) is 4.60.